The first-order valence-electron chi connectivity index (χ1n) is 4.98. The van der Waals surface area contributed by atoms with Crippen LogP contribution in [0.4, 0.5) is 0 Å². The third-order valence-electron chi connectivity index (χ3n) is 1.46. The van der Waals surface area contributed by atoms with E-state index in [0.717, 1.165) is 4.47 Å². The summed E-state index contributed by atoms with van der Waals surface area (Å²) in [4.78, 5) is 15.9. The van der Waals surface area contributed by atoms with Crippen LogP contribution in [0.15, 0.2) is 33.9 Å². The Morgan fingerprint density at radius 3 is 2.41 bits per heavy atom. The molecule has 0 amide bonds. The van der Waals surface area contributed by atoms with Gasteiger partial charge in [0.05, 0.1) is 11.4 Å². The molecule has 0 aliphatic rings. The second-order valence-electron chi connectivity index (χ2n) is 2.60. The molecule has 0 unspecified atom stereocenters. The maximum Gasteiger partial charge on any atom is 0.365 e. The highest BCUT2D eigenvalue weighted by Gasteiger charge is 2.06. The number of alkyl halides is 1. The lowest BCUT2D eigenvalue weighted by molar-refractivity contribution is 0.0515. The Kier molecular flexibility index (Phi) is 8.44. The van der Waals surface area contributed by atoms with Crippen LogP contribution in [-0.4, -0.2) is 17.7 Å². The summed E-state index contributed by atoms with van der Waals surface area (Å²) in [5.41, 5.74) is 5.65. The molecule has 2 N–H and O–H groups in total. The lowest BCUT2D eigenvalue weighted by Crippen LogP contribution is -2.15. The molecule has 0 heterocycles. The third-order valence-corrected chi connectivity index (χ3v) is 2.27. The maximum absolute atomic E-state index is 11.3. The lowest BCUT2D eigenvalue weighted by atomic mass is 10.2. The molecule has 17 heavy (non-hydrogen) atoms. The van der Waals surface area contributed by atoms with E-state index in [2.05, 4.69) is 25.9 Å². The van der Waals surface area contributed by atoms with E-state index < -0.39 is 5.97 Å². The van der Waals surface area contributed by atoms with E-state index in [-0.39, 0.29) is 11.7 Å². The van der Waals surface area contributed by atoms with Gasteiger partial charge in [-0.3, -0.25) is 0 Å². The highest BCUT2D eigenvalue weighted by atomic mass is 79.9. The number of carbonyl (C=O) groups is 1. The van der Waals surface area contributed by atoms with Gasteiger partial charge in [0.2, 0.25) is 0 Å². The molecule has 94 valence electrons. The van der Waals surface area contributed by atoms with Crippen molar-refractivity contribution in [3.8, 4) is 0 Å². The van der Waals surface area contributed by atoms with Crippen molar-refractivity contribution in [3.63, 3.8) is 0 Å². The van der Waals surface area contributed by atoms with Crippen LogP contribution in [0.1, 0.15) is 24.2 Å². The maximum atomic E-state index is 11.3. The monoisotopic (exact) mass is 320 g/mol. The molecule has 0 aromatic heterocycles. The molecule has 0 fully saturated rings. The summed E-state index contributed by atoms with van der Waals surface area (Å²) >= 11 is 8.60. The van der Waals surface area contributed by atoms with Crippen LogP contribution in [0.2, 0.25) is 0 Å². The fourth-order valence-corrected chi connectivity index (χ4v) is 1.08. The van der Waals surface area contributed by atoms with Gasteiger partial charge in [0.25, 0.3) is 0 Å². The van der Waals surface area contributed by atoms with Crippen LogP contribution < -0.4 is 5.73 Å². The van der Waals surface area contributed by atoms with Crippen molar-refractivity contribution in [1.29, 1.82) is 0 Å². The highest BCUT2D eigenvalue weighted by Crippen LogP contribution is 2.11. The van der Waals surface area contributed by atoms with Crippen molar-refractivity contribution in [2.75, 3.05) is 5.88 Å². The first-order chi connectivity index (χ1) is 8.13. The van der Waals surface area contributed by atoms with Gasteiger partial charge in [-0.15, -0.1) is 11.6 Å². The Labute approximate surface area is 114 Å². The van der Waals surface area contributed by atoms with E-state index in [4.69, 9.17) is 17.3 Å². The lowest BCUT2D eigenvalue weighted by Gasteiger charge is -1.98. The van der Waals surface area contributed by atoms with Gasteiger partial charge >= 0.3 is 5.97 Å². The van der Waals surface area contributed by atoms with Crippen molar-refractivity contribution in [3.05, 3.63) is 34.3 Å². The summed E-state index contributed by atoms with van der Waals surface area (Å²) in [6, 6.07) is 6.67. The molecular weight excluding hydrogens is 307 g/mol. The summed E-state index contributed by atoms with van der Waals surface area (Å²) < 4.78 is 0.878. The Hall–Kier alpha value is -1.07. The molecule has 6 heteroatoms. The number of hydrogen-bond acceptors (Lipinski definition) is 3. The molecule has 0 bridgehead atoms. The number of nitrogens with two attached hydrogens (primary N) is 1. The molecule has 4 nitrogen and oxygen atoms in total. The number of amidine groups is 1. The zero-order valence-electron chi connectivity index (χ0n) is 9.61. The van der Waals surface area contributed by atoms with Gasteiger partial charge in [-0.05, 0) is 24.3 Å². The molecule has 0 saturated carbocycles. The molecule has 0 radical (unpaired) electrons. The third kappa shape index (κ3) is 6.28. The van der Waals surface area contributed by atoms with Gasteiger partial charge in [-0.2, -0.15) is 0 Å². The topological polar surface area (TPSA) is 64.7 Å². The molecule has 1 aromatic rings. The predicted octanol–water partition coefficient (Wildman–Crippen LogP) is 3.14. The first-order valence-corrected chi connectivity index (χ1v) is 6.31. The smallest absolute Gasteiger partial charge is 0.365 e. The summed E-state index contributed by atoms with van der Waals surface area (Å²) in [7, 11) is 0. The van der Waals surface area contributed by atoms with Crippen molar-refractivity contribution in [1.82, 2.24) is 0 Å². The van der Waals surface area contributed by atoms with E-state index in [1.54, 1.807) is 24.3 Å². The molecule has 1 rings (SSSR count). The Morgan fingerprint density at radius 2 is 1.94 bits per heavy atom. The first kappa shape index (κ1) is 15.9. The molecular formula is C11H14BrClN2O2. The van der Waals surface area contributed by atoms with Crippen LogP contribution in [-0.2, 0) is 4.84 Å². The predicted molar refractivity (Wildman–Crippen MR) is 73.2 cm³/mol. The number of hydrogen-bond donors (Lipinski definition) is 1. The minimum Gasteiger partial charge on any atom is -0.383 e. The van der Waals surface area contributed by atoms with E-state index in [1.807, 2.05) is 13.8 Å². The van der Waals surface area contributed by atoms with Gasteiger partial charge in [0.1, 0.15) is 0 Å². The largest absolute Gasteiger partial charge is 0.383 e. The number of benzene rings is 1. The van der Waals surface area contributed by atoms with Crippen LogP contribution in [0.5, 0.6) is 0 Å². The Morgan fingerprint density at radius 1 is 1.41 bits per heavy atom. The van der Waals surface area contributed by atoms with Crippen LogP contribution >= 0.6 is 27.5 Å². The van der Waals surface area contributed by atoms with Crippen molar-refractivity contribution >= 4 is 39.3 Å². The van der Waals surface area contributed by atoms with E-state index in [1.165, 1.54) is 0 Å². The number of nitrogens with zero attached hydrogens (tertiary/aromatic N) is 1. The second kappa shape index (κ2) is 9.01. The number of carbonyl (C=O) groups excluding carboxylic acids is 1. The Bertz CT molecular complexity index is 380. The number of oxime groups is 1. The molecule has 0 atom stereocenters. The number of rotatable bonds is 3. The van der Waals surface area contributed by atoms with Gasteiger partial charge in [0, 0.05) is 4.47 Å². The zero-order chi connectivity index (χ0) is 13.3. The summed E-state index contributed by atoms with van der Waals surface area (Å²) in [5.74, 6) is -0.495. The highest BCUT2D eigenvalue weighted by molar-refractivity contribution is 9.10. The van der Waals surface area contributed by atoms with Crippen molar-refractivity contribution < 1.29 is 9.63 Å². The molecule has 0 saturated heterocycles. The fourth-order valence-electron chi connectivity index (χ4n) is 0.763. The fraction of sp³-hybridized carbons (Fsp3) is 0.273. The summed E-state index contributed by atoms with van der Waals surface area (Å²) in [6.07, 6.45) is 0. The SMILES string of the molecule is CC.N/C(CCl)=N\OC(=O)c1ccc(Br)cc1. The normalized spacial score (nSPS) is 10.2. The Balaban J connectivity index is 0.00000121. The zero-order valence-corrected chi connectivity index (χ0v) is 12.0. The van der Waals surface area contributed by atoms with Gasteiger partial charge in [-0.25, -0.2) is 4.79 Å². The summed E-state index contributed by atoms with van der Waals surface area (Å²) in [6.45, 7) is 4.00. The number of halogens is 2. The van der Waals surface area contributed by atoms with E-state index in [9.17, 15) is 4.79 Å². The average Bonchev–Trinajstić information content (AvgIpc) is 2.38. The van der Waals surface area contributed by atoms with Crippen LogP contribution in [0.3, 0.4) is 0 Å². The van der Waals surface area contributed by atoms with Crippen LogP contribution in [0, 0.1) is 0 Å². The average molecular weight is 322 g/mol. The van der Waals surface area contributed by atoms with Gasteiger partial charge in [-0.1, -0.05) is 34.9 Å². The van der Waals surface area contributed by atoms with E-state index >= 15 is 0 Å². The quantitative estimate of drug-likeness (QED) is 0.306. The second-order valence-corrected chi connectivity index (χ2v) is 3.78. The molecule has 0 spiro atoms. The van der Waals surface area contributed by atoms with E-state index in [0.29, 0.717) is 5.56 Å². The van der Waals surface area contributed by atoms with Crippen molar-refractivity contribution in [2.45, 2.75) is 13.8 Å². The van der Waals surface area contributed by atoms with Crippen LogP contribution in [0.25, 0.3) is 0 Å². The van der Waals surface area contributed by atoms with Gasteiger partial charge in [0.15, 0.2) is 5.84 Å². The minimum atomic E-state index is -0.574. The van der Waals surface area contributed by atoms with Gasteiger partial charge < -0.3 is 10.6 Å². The minimum absolute atomic E-state index is 0.0214. The molecule has 1 aromatic carbocycles. The van der Waals surface area contributed by atoms with Crippen molar-refractivity contribution in [2.24, 2.45) is 10.9 Å². The molecule has 0 aliphatic heterocycles. The summed E-state index contributed by atoms with van der Waals surface area (Å²) in [5, 5.41) is 3.34. The standard InChI is InChI=1S/C9H8BrClN2O2.C2H6/c10-7-3-1-6(2-4-7)9(14)15-13-8(12)5-11;1-2/h1-4H,5H2,(H2,12,13);1-2H3. The molecule has 0 aliphatic carbocycles.